The van der Waals surface area contributed by atoms with Crippen LogP contribution in [0.25, 0.3) is 22.1 Å². The molecule has 0 radical (unpaired) electrons. The first-order valence-electron chi connectivity index (χ1n) is 8.68. The number of fused-ring (bicyclic) bond motifs is 2. The van der Waals surface area contributed by atoms with Crippen molar-refractivity contribution in [2.45, 2.75) is 32.5 Å². The van der Waals surface area contributed by atoms with Gasteiger partial charge in [-0.05, 0) is 31.2 Å². The second kappa shape index (κ2) is 6.95. The number of aryl methyl sites for hydroxylation is 1. The average Bonchev–Trinajstić information content (AvgIpc) is 3.24. The van der Waals surface area contributed by atoms with Crippen molar-refractivity contribution < 1.29 is 4.79 Å². The maximum Gasteiger partial charge on any atom is 0.222 e. The van der Waals surface area contributed by atoms with E-state index in [4.69, 9.17) is 0 Å². The molecule has 2 heterocycles. The molecule has 0 aliphatic rings. The lowest BCUT2D eigenvalue weighted by Crippen LogP contribution is -2.36. The molecule has 132 valence electrons. The van der Waals surface area contributed by atoms with Crippen molar-refractivity contribution in [2.75, 3.05) is 0 Å². The first-order chi connectivity index (χ1) is 12.7. The van der Waals surface area contributed by atoms with Gasteiger partial charge in [0.1, 0.15) is 5.52 Å². The fourth-order valence-corrected chi connectivity index (χ4v) is 3.11. The average molecular weight is 348 g/mol. The van der Waals surface area contributed by atoms with Gasteiger partial charge in [0.15, 0.2) is 0 Å². The molecule has 0 aliphatic carbocycles. The fourth-order valence-electron chi connectivity index (χ4n) is 3.11. The van der Waals surface area contributed by atoms with Crippen LogP contribution < -0.4 is 5.32 Å². The molecular weight excluding hydrogens is 328 g/mol. The number of hydrogen-bond donors (Lipinski definition) is 1. The highest BCUT2D eigenvalue weighted by molar-refractivity contribution is 5.78. The van der Waals surface area contributed by atoms with E-state index in [-0.39, 0.29) is 11.9 Å². The number of imidazole rings is 1. The fraction of sp³-hybridized carbons (Fsp3) is 0.263. The van der Waals surface area contributed by atoms with Gasteiger partial charge in [0.05, 0.1) is 29.4 Å². The summed E-state index contributed by atoms with van der Waals surface area (Å²) in [5.74, 6) is 0.0136. The number of nitrogens with one attached hydrogen (secondary N) is 1. The minimum absolute atomic E-state index is 0.0136. The number of rotatable bonds is 6. The van der Waals surface area contributed by atoms with Crippen LogP contribution in [0.4, 0.5) is 0 Å². The molecule has 0 aliphatic heterocycles. The number of amides is 1. The highest BCUT2D eigenvalue weighted by Crippen LogP contribution is 2.12. The molecule has 1 amide bonds. The predicted molar refractivity (Wildman–Crippen MR) is 99.5 cm³/mol. The normalized spacial score (nSPS) is 12.5. The summed E-state index contributed by atoms with van der Waals surface area (Å²) in [5, 5.41) is 11.3. The van der Waals surface area contributed by atoms with Crippen LogP contribution >= 0.6 is 0 Å². The lowest BCUT2D eigenvalue weighted by atomic mass is 10.2. The number of carbonyl (C=O) groups is 1. The van der Waals surface area contributed by atoms with Crippen LogP contribution in [0.3, 0.4) is 0 Å². The molecule has 26 heavy (non-hydrogen) atoms. The highest BCUT2D eigenvalue weighted by atomic mass is 16.1. The van der Waals surface area contributed by atoms with E-state index >= 15 is 0 Å². The van der Waals surface area contributed by atoms with Crippen molar-refractivity contribution in [1.82, 2.24) is 29.9 Å². The second-order valence-electron chi connectivity index (χ2n) is 6.41. The molecule has 0 unspecified atom stereocenters. The molecule has 0 saturated heterocycles. The number of carbonyl (C=O) groups excluding carboxylic acids is 1. The summed E-state index contributed by atoms with van der Waals surface area (Å²) in [5.41, 5.74) is 3.82. The third-order valence-corrected chi connectivity index (χ3v) is 4.38. The Morgan fingerprint density at radius 1 is 1.08 bits per heavy atom. The van der Waals surface area contributed by atoms with Crippen molar-refractivity contribution in [3.8, 4) is 0 Å². The van der Waals surface area contributed by atoms with Crippen molar-refractivity contribution in [2.24, 2.45) is 0 Å². The smallest absolute Gasteiger partial charge is 0.222 e. The molecule has 2 aromatic carbocycles. The van der Waals surface area contributed by atoms with Crippen LogP contribution in [-0.4, -0.2) is 36.5 Å². The molecule has 2 aromatic heterocycles. The van der Waals surface area contributed by atoms with E-state index in [1.54, 1.807) is 6.33 Å². The van der Waals surface area contributed by atoms with E-state index in [9.17, 15) is 4.79 Å². The zero-order valence-corrected chi connectivity index (χ0v) is 14.5. The summed E-state index contributed by atoms with van der Waals surface area (Å²) >= 11 is 0. The van der Waals surface area contributed by atoms with Crippen molar-refractivity contribution >= 4 is 28.0 Å². The summed E-state index contributed by atoms with van der Waals surface area (Å²) in [6.45, 7) is 3.16. The van der Waals surface area contributed by atoms with E-state index in [1.807, 2.05) is 64.7 Å². The Morgan fingerprint density at radius 3 is 2.65 bits per heavy atom. The van der Waals surface area contributed by atoms with Gasteiger partial charge in [0, 0.05) is 19.0 Å². The van der Waals surface area contributed by atoms with Crippen LogP contribution in [0.5, 0.6) is 0 Å². The van der Waals surface area contributed by atoms with Gasteiger partial charge in [-0.25, -0.2) is 9.67 Å². The molecule has 4 aromatic rings. The summed E-state index contributed by atoms with van der Waals surface area (Å²) in [6.07, 6.45) is 2.19. The Morgan fingerprint density at radius 2 is 1.81 bits per heavy atom. The van der Waals surface area contributed by atoms with Gasteiger partial charge in [0.25, 0.3) is 0 Å². The van der Waals surface area contributed by atoms with Crippen molar-refractivity contribution in [3.05, 3.63) is 54.9 Å². The van der Waals surface area contributed by atoms with Crippen LogP contribution in [0.15, 0.2) is 54.9 Å². The van der Waals surface area contributed by atoms with Crippen LogP contribution in [0, 0.1) is 0 Å². The molecule has 1 N–H and O–H groups in total. The summed E-state index contributed by atoms with van der Waals surface area (Å²) in [4.78, 5) is 16.6. The SMILES string of the molecule is C[C@H](Cn1nnc2ccccc21)NC(=O)CCn1cnc2ccccc21. The van der Waals surface area contributed by atoms with Gasteiger partial charge in [0.2, 0.25) is 5.91 Å². The van der Waals surface area contributed by atoms with Gasteiger partial charge in [-0.2, -0.15) is 0 Å². The third-order valence-electron chi connectivity index (χ3n) is 4.38. The summed E-state index contributed by atoms with van der Waals surface area (Å²) < 4.78 is 3.83. The van der Waals surface area contributed by atoms with E-state index in [0.29, 0.717) is 19.5 Å². The molecule has 1 atom stereocenters. The van der Waals surface area contributed by atoms with Gasteiger partial charge in [-0.1, -0.05) is 29.5 Å². The molecule has 4 rings (SSSR count). The van der Waals surface area contributed by atoms with Gasteiger partial charge in [-0.15, -0.1) is 5.10 Å². The standard InChI is InChI=1S/C19H20N6O/c1-14(12-25-18-9-5-3-7-16(18)22-23-25)21-19(26)10-11-24-13-20-15-6-2-4-8-17(15)24/h2-9,13-14H,10-12H2,1H3,(H,21,26)/t14-/m1/s1. The lowest BCUT2D eigenvalue weighted by Gasteiger charge is -2.14. The Kier molecular flexibility index (Phi) is 4.35. The lowest BCUT2D eigenvalue weighted by molar-refractivity contribution is -0.122. The van der Waals surface area contributed by atoms with Gasteiger partial charge in [-0.3, -0.25) is 4.79 Å². The number of aromatic nitrogens is 5. The Balaban J connectivity index is 1.34. The molecule has 0 saturated carbocycles. The van der Waals surface area contributed by atoms with E-state index in [0.717, 1.165) is 22.1 Å². The minimum atomic E-state index is -0.0351. The predicted octanol–water partition coefficient (Wildman–Crippen LogP) is 2.38. The maximum atomic E-state index is 12.3. The zero-order valence-electron chi connectivity index (χ0n) is 14.5. The van der Waals surface area contributed by atoms with Crippen molar-refractivity contribution in [3.63, 3.8) is 0 Å². The Labute approximate surface area is 150 Å². The van der Waals surface area contributed by atoms with E-state index < -0.39 is 0 Å². The molecule has 0 spiro atoms. The van der Waals surface area contributed by atoms with Gasteiger partial charge >= 0.3 is 0 Å². The zero-order chi connectivity index (χ0) is 17.9. The number of nitrogens with zero attached hydrogens (tertiary/aromatic N) is 5. The molecule has 7 heteroatoms. The third kappa shape index (κ3) is 3.28. The topological polar surface area (TPSA) is 77.6 Å². The van der Waals surface area contributed by atoms with Crippen LogP contribution in [0.1, 0.15) is 13.3 Å². The largest absolute Gasteiger partial charge is 0.352 e. The quantitative estimate of drug-likeness (QED) is 0.580. The summed E-state index contributed by atoms with van der Waals surface area (Å²) in [6, 6.07) is 15.7. The van der Waals surface area contributed by atoms with E-state index in [2.05, 4.69) is 20.6 Å². The maximum absolute atomic E-state index is 12.3. The van der Waals surface area contributed by atoms with E-state index in [1.165, 1.54) is 0 Å². The molecule has 0 fully saturated rings. The molecule has 0 bridgehead atoms. The number of para-hydroxylation sites is 3. The molecular formula is C19H20N6O. The second-order valence-corrected chi connectivity index (χ2v) is 6.41. The van der Waals surface area contributed by atoms with Crippen molar-refractivity contribution in [1.29, 1.82) is 0 Å². The van der Waals surface area contributed by atoms with Crippen LogP contribution in [0.2, 0.25) is 0 Å². The minimum Gasteiger partial charge on any atom is -0.352 e. The first kappa shape index (κ1) is 16.3. The summed E-state index contributed by atoms with van der Waals surface area (Å²) in [7, 11) is 0. The Bertz CT molecular complexity index is 1050. The highest BCUT2D eigenvalue weighted by Gasteiger charge is 2.11. The monoisotopic (exact) mass is 348 g/mol. The van der Waals surface area contributed by atoms with Crippen LogP contribution in [-0.2, 0) is 17.9 Å². The molecule has 7 nitrogen and oxygen atoms in total. The number of benzene rings is 2. The van der Waals surface area contributed by atoms with Gasteiger partial charge < -0.3 is 9.88 Å². The Hall–Kier alpha value is -3.22. The number of hydrogen-bond acceptors (Lipinski definition) is 4. The first-order valence-corrected chi connectivity index (χ1v) is 8.68.